The number of allylic oxidation sites excluding steroid dienone is 6. The molecule has 1 N–H and O–H groups in total. The molecule has 3 aliphatic rings. The second-order valence-electron chi connectivity index (χ2n) is 13.6. The van der Waals surface area contributed by atoms with Crippen molar-refractivity contribution >= 4 is 28.0 Å². The molecule has 0 bridgehead atoms. The number of hydrogen-bond acceptors (Lipinski definition) is 1. The largest absolute Gasteiger partial charge is 0.0149 e. The maximum Gasteiger partial charge on any atom is -0.0149 e. The Morgan fingerprint density at radius 3 is 1.61 bits per heavy atom. The van der Waals surface area contributed by atoms with E-state index in [1.165, 1.54) is 70.6 Å². The normalized spacial score (nSPS) is 22.5. The van der Waals surface area contributed by atoms with E-state index < -0.39 is 16.8 Å². The molecule has 0 heterocycles. The molecule has 44 heavy (non-hydrogen) atoms. The van der Waals surface area contributed by atoms with Gasteiger partial charge in [-0.05, 0) is 33.2 Å². The second kappa shape index (κ2) is 18.7. The number of hydrogen-bond donors (Lipinski definition) is 1. The zero-order chi connectivity index (χ0) is 30.5. The van der Waals surface area contributed by atoms with Gasteiger partial charge in [0.25, 0.3) is 0 Å². The van der Waals surface area contributed by atoms with Gasteiger partial charge >= 0.3 is 172 Å². The minimum Gasteiger partial charge on any atom is -0.0149 e. The molecule has 0 aromatic heterocycles. The number of nitrogens with one attached hydrogen (secondary N) is 1. The fourth-order valence-corrected chi connectivity index (χ4v) is 12.4. The van der Waals surface area contributed by atoms with Crippen molar-refractivity contribution in [3.8, 4) is 0 Å². The third-order valence-electron chi connectivity index (χ3n) is 10.0. The Kier molecular flexibility index (Phi) is 15.4. The Bertz CT molecular complexity index is 1170. The Morgan fingerprint density at radius 2 is 1.11 bits per heavy atom. The number of fused-ring (bicyclic) bond motifs is 1. The van der Waals surface area contributed by atoms with Gasteiger partial charge in [0.15, 0.2) is 0 Å². The topological polar surface area (TPSA) is 29.1 Å². The Labute approximate surface area is 277 Å². The van der Waals surface area contributed by atoms with Crippen LogP contribution in [-0.4, -0.2) is 16.9 Å². The number of amides is 1. The van der Waals surface area contributed by atoms with Crippen molar-refractivity contribution in [2.24, 2.45) is 17.8 Å². The molecule has 0 spiro atoms. The monoisotopic (exact) mass is 645 g/mol. The summed E-state index contributed by atoms with van der Waals surface area (Å²) in [4.78, 5) is 13.3. The quantitative estimate of drug-likeness (QED) is 0.246. The van der Waals surface area contributed by atoms with Crippen LogP contribution in [0.15, 0.2) is 98.1 Å². The van der Waals surface area contributed by atoms with E-state index in [2.05, 4.69) is 76.0 Å². The van der Waals surface area contributed by atoms with Gasteiger partial charge in [-0.15, -0.1) is 0 Å². The van der Waals surface area contributed by atoms with Crippen molar-refractivity contribution in [3.05, 3.63) is 109 Å². The average molecular weight is 646 g/mol. The predicted octanol–water partition coefficient (Wildman–Crippen LogP) is 10.1. The van der Waals surface area contributed by atoms with E-state index in [-0.39, 0.29) is 16.9 Å². The minimum atomic E-state index is -2.36. The Morgan fingerprint density at radius 1 is 0.659 bits per heavy atom. The number of rotatable bonds is 6. The van der Waals surface area contributed by atoms with Gasteiger partial charge in [-0.2, -0.15) is 0 Å². The van der Waals surface area contributed by atoms with Crippen molar-refractivity contribution in [2.45, 2.75) is 98.2 Å². The van der Waals surface area contributed by atoms with E-state index in [9.17, 15) is 4.79 Å². The predicted molar refractivity (Wildman–Crippen MR) is 195 cm³/mol. The molecular weight excluding hydrogens is 586 g/mol. The third-order valence-corrected chi connectivity index (χ3v) is 15.4. The SMILES string of the molecule is C=C(C(=C)c1ccccc1)c1ccccc1.[CH3][Ti]([CH3])([NH]C(=O)C1CCCCCCCCCCC1)[CH]1CCC2C=CC=CC21.[SiH4]. The molecular formula is C40H59NOSiTi. The molecule has 238 valence electrons. The van der Waals surface area contributed by atoms with Gasteiger partial charge in [0.2, 0.25) is 0 Å². The summed E-state index contributed by atoms with van der Waals surface area (Å²) >= 11 is -2.36. The van der Waals surface area contributed by atoms with Crippen LogP contribution in [0, 0.1) is 17.8 Å². The first-order valence-electron chi connectivity index (χ1n) is 17.0. The van der Waals surface area contributed by atoms with Crippen molar-refractivity contribution < 1.29 is 21.6 Å². The van der Waals surface area contributed by atoms with Crippen molar-refractivity contribution in [1.82, 2.24) is 3.80 Å². The number of carbonyl (C=O) groups is 1. The zero-order valence-electron chi connectivity index (χ0n) is 26.9. The molecule has 2 fully saturated rings. The standard InChI is InChI=1S/C16H14.C13H25NO.C9H11.2CH3.H4Si.Ti/c1-13(15-9-5-3-6-10-15)14(2)16-11-7-4-8-12-16;14-13(15)12-10-8-6-4-2-1-3-5-7-9-11-12;1-2-5-9-7-3-6-8(9)4-1;;;;/h3-12H,1-2H2;12H,1-11H2,(H2,14,15);1-2,4-6,8-9H,3,7H2;2*1H3;1H4;/q;;;;;;+1/p-1. The molecule has 2 aromatic rings. The number of carbonyl (C=O) groups excluding carboxylic acids is 1. The van der Waals surface area contributed by atoms with E-state index in [4.69, 9.17) is 0 Å². The van der Waals surface area contributed by atoms with Crippen molar-refractivity contribution in [1.29, 1.82) is 0 Å². The molecule has 4 heteroatoms. The molecule has 3 unspecified atom stereocenters. The second-order valence-corrected chi connectivity index (χ2v) is 20.5. The smallest absolute Gasteiger partial charge is 0.0149 e. The molecule has 5 rings (SSSR count). The maximum absolute atomic E-state index is 13.3. The van der Waals surface area contributed by atoms with Crippen LogP contribution in [-0.2, 0) is 21.6 Å². The summed E-state index contributed by atoms with van der Waals surface area (Å²) in [7, 11) is 0. The van der Waals surface area contributed by atoms with Crippen molar-refractivity contribution in [3.63, 3.8) is 0 Å². The average Bonchev–Trinajstić information content (AvgIpc) is 3.47. The Hall–Kier alpha value is -2.20. The summed E-state index contributed by atoms with van der Waals surface area (Å²) in [5, 5.41) is 4.90. The minimum absolute atomic E-state index is 0. The summed E-state index contributed by atoms with van der Waals surface area (Å²) in [6.45, 7) is 8.20. The summed E-state index contributed by atoms with van der Waals surface area (Å²) < 4.78 is 4.45. The molecule has 2 nitrogen and oxygen atoms in total. The van der Waals surface area contributed by atoms with Gasteiger partial charge < -0.3 is 0 Å². The van der Waals surface area contributed by atoms with Gasteiger partial charge in [-0.25, -0.2) is 0 Å². The van der Waals surface area contributed by atoms with Gasteiger partial charge in [0, 0.05) is 0 Å². The van der Waals surface area contributed by atoms with E-state index >= 15 is 0 Å². The summed E-state index contributed by atoms with van der Waals surface area (Å²) in [5.41, 5.74) is 4.20. The first-order valence-corrected chi connectivity index (χ1v) is 21.8. The number of benzene rings is 2. The van der Waals surface area contributed by atoms with Crippen LogP contribution in [0.3, 0.4) is 0 Å². The molecule has 0 saturated heterocycles. The van der Waals surface area contributed by atoms with Crippen LogP contribution < -0.4 is 3.80 Å². The fourth-order valence-electron chi connectivity index (χ4n) is 7.36. The first kappa shape index (κ1) is 36.3. The van der Waals surface area contributed by atoms with Gasteiger partial charge in [0.05, 0.1) is 0 Å². The summed E-state index contributed by atoms with van der Waals surface area (Å²) in [6.07, 6.45) is 26.2. The van der Waals surface area contributed by atoms with E-state index in [1.807, 2.05) is 36.4 Å². The third kappa shape index (κ3) is 10.7. The van der Waals surface area contributed by atoms with Gasteiger partial charge in [-0.1, -0.05) is 73.8 Å². The van der Waals surface area contributed by atoms with Crippen LogP contribution in [0.4, 0.5) is 0 Å². The summed E-state index contributed by atoms with van der Waals surface area (Å²) in [6, 6.07) is 20.3. The molecule has 3 atom stereocenters. The molecule has 3 aliphatic carbocycles. The molecule has 0 radical (unpaired) electrons. The van der Waals surface area contributed by atoms with Crippen LogP contribution in [0.5, 0.6) is 0 Å². The fraction of sp³-hybridized carbons (Fsp3) is 0.475. The zero-order valence-corrected chi connectivity index (χ0v) is 28.5. The van der Waals surface area contributed by atoms with Gasteiger partial charge in [-0.3, -0.25) is 0 Å². The van der Waals surface area contributed by atoms with E-state index in [0.29, 0.717) is 11.8 Å². The van der Waals surface area contributed by atoms with E-state index in [0.717, 1.165) is 45.3 Å². The first-order chi connectivity index (χ1) is 20.9. The van der Waals surface area contributed by atoms with E-state index in [1.54, 1.807) is 0 Å². The van der Waals surface area contributed by atoms with Crippen molar-refractivity contribution in [2.75, 3.05) is 0 Å². The van der Waals surface area contributed by atoms with Crippen LogP contribution >= 0.6 is 0 Å². The summed E-state index contributed by atoms with van der Waals surface area (Å²) in [5.74, 6) is 2.09. The van der Waals surface area contributed by atoms with Crippen LogP contribution in [0.25, 0.3) is 11.1 Å². The van der Waals surface area contributed by atoms with Crippen LogP contribution in [0.2, 0.25) is 14.7 Å². The molecule has 2 aromatic carbocycles. The van der Waals surface area contributed by atoms with Crippen LogP contribution in [0.1, 0.15) is 94.6 Å². The molecule has 2 saturated carbocycles. The maximum atomic E-state index is 13.3. The Balaban J connectivity index is 0.000000266. The van der Waals surface area contributed by atoms with Gasteiger partial charge in [0.1, 0.15) is 0 Å². The molecule has 1 amide bonds. The molecule has 0 aliphatic heterocycles.